The molecule has 0 heterocycles. The molecule has 1 atom stereocenters. The first-order chi connectivity index (χ1) is 23.6. The molecule has 0 nitrogen and oxygen atoms in total. The second kappa shape index (κ2) is 15.7. The van der Waals surface area contributed by atoms with Gasteiger partial charge in [0.1, 0.15) is 0 Å². The first kappa shape index (κ1) is 38.2. The van der Waals surface area contributed by atoms with Crippen LogP contribution in [0.2, 0.25) is 0 Å². The molecular formula is C49H58Zr. The number of allylic oxidation sites excluding steroid dienone is 4. The molecule has 0 amide bonds. The van der Waals surface area contributed by atoms with Crippen LogP contribution in [0.25, 0.3) is 43.8 Å². The second-order valence-electron chi connectivity index (χ2n) is 17.2. The van der Waals surface area contributed by atoms with E-state index < -0.39 is 0 Å². The van der Waals surface area contributed by atoms with Gasteiger partial charge >= 0.3 is 41.3 Å². The molecule has 50 heavy (non-hydrogen) atoms. The van der Waals surface area contributed by atoms with Crippen molar-refractivity contribution < 1.29 is 24.2 Å². The summed E-state index contributed by atoms with van der Waals surface area (Å²) in [4.78, 5) is 0. The first-order valence-electron chi connectivity index (χ1n) is 18.7. The summed E-state index contributed by atoms with van der Waals surface area (Å²) < 4.78 is 1.51. The predicted molar refractivity (Wildman–Crippen MR) is 218 cm³/mol. The minimum absolute atomic E-state index is 0.0554. The van der Waals surface area contributed by atoms with Gasteiger partial charge in [-0.3, -0.25) is 6.08 Å². The molecule has 5 aromatic rings. The van der Waals surface area contributed by atoms with Crippen molar-refractivity contribution in [2.24, 2.45) is 11.3 Å². The van der Waals surface area contributed by atoms with Crippen LogP contribution in [0.3, 0.4) is 0 Å². The minimum atomic E-state index is 0.0554. The molecular weight excluding hydrogens is 680 g/mol. The molecule has 1 unspecified atom stereocenters. The van der Waals surface area contributed by atoms with E-state index in [1.807, 2.05) is 0 Å². The molecule has 0 aliphatic heterocycles. The summed E-state index contributed by atoms with van der Waals surface area (Å²) >= 11 is 1.55. The summed E-state index contributed by atoms with van der Waals surface area (Å²) in [5, 5.41) is 5.36. The Morgan fingerprint density at radius 2 is 1.12 bits per heavy atom. The molecule has 0 bridgehead atoms. The molecule has 7 rings (SSSR count). The summed E-state index contributed by atoms with van der Waals surface area (Å²) in [6, 6.07) is 33.7. The van der Waals surface area contributed by atoms with Gasteiger partial charge in [0, 0.05) is 0 Å². The Kier molecular flexibility index (Phi) is 12.0. The quantitative estimate of drug-likeness (QED) is 0.162. The van der Waals surface area contributed by atoms with Crippen LogP contribution < -0.4 is 0 Å². The Hall–Kier alpha value is -3.02. The Morgan fingerprint density at radius 1 is 0.700 bits per heavy atom. The van der Waals surface area contributed by atoms with Crippen molar-refractivity contribution >= 4 is 24.8 Å². The van der Waals surface area contributed by atoms with Crippen molar-refractivity contribution in [2.45, 2.75) is 112 Å². The van der Waals surface area contributed by atoms with Crippen molar-refractivity contribution in [3.05, 3.63) is 126 Å². The molecule has 2 aliphatic rings. The normalized spacial score (nSPS) is 17.1. The molecule has 2 aliphatic carbocycles. The molecule has 0 N–H and O–H groups in total. The van der Waals surface area contributed by atoms with E-state index in [2.05, 4.69) is 178 Å². The number of fused-ring (bicyclic) bond motifs is 3. The molecule has 1 saturated carbocycles. The van der Waals surface area contributed by atoms with Gasteiger partial charge in [-0.2, -0.15) is 11.6 Å². The van der Waals surface area contributed by atoms with Crippen LogP contribution in [0.1, 0.15) is 112 Å². The molecule has 1 fully saturated rings. The van der Waals surface area contributed by atoms with Gasteiger partial charge in [-0.05, 0) is 44.2 Å². The van der Waals surface area contributed by atoms with Gasteiger partial charge in [-0.15, -0.1) is 39.7 Å². The van der Waals surface area contributed by atoms with Crippen molar-refractivity contribution in [3.63, 3.8) is 0 Å². The third-order valence-corrected chi connectivity index (χ3v) is 10.4. The molecule has 5 aromatic carbocycles. The summed E-state index contributed by atoms with van der Waals surface area (Å²) in [6.45, 7) is 22.8. The van der Waals surface area contributed by atoms with Gasteiger partial charge in [0.05, 0.1) is 0 Å². The van der Waals surface area contributed by atoms with Crippen LogP contribution in [0.4, 0.5) is 0 Å². The zero-order valence-corrected chi connectivity index (χ0v) is 34.9. The molecule has 0 saturated heterocycles. The van der Waals surface area contributed by atoms with E-state index in [9.17, 15) is 0 Å². The Balaban J connectivity index is 0.000000236. The van der Waals surface area contributed by atoms with Crippen LogP contribution in [0.5, 0.6) is 0 Å². The Morgan fingerprint density at radius 3 is 1.48 bits per heavy atom. The van der Waals surface area contributed by atoms with Crippen LogP contribution >= 0.6 is 0 Å². The summed E-state index contributed by atoms with van der Waals surface area (Å²) in [5.74, 6) is 0.550. The van der Waals surface area contributed by atoms with E-state index in [-0.39, 0.29) is 10.8 Å². The van der Waals surface area contributed by atoms with Crippen molar-refractivity contribution in [1.82, 2.24) is 0 Å². The second-order valence-corrected chi connectivity index (χ2v) is 19.6. The predicted octanol–water partition coefficient (Wildman–Crippen LogP) is 14.3. The first-order valence-corrected chi connectivity index (χ1v) is 20.0. The third kappa shape index (κ3) is 9.06. The van der Waals surface area contributed by atoms with E-state index >= 15 is 0 Å². The number of hydrogen-bond donors (Lipinski definition) is 0. The fourth-order valence-electron chi connectivity index (χ4n) is 7.64. The van der Waals surface area contributed by atoms with E-state index in [0.717, 1.165) is 0 Å². The third-order valence-electron chi connectivity index (χ3n) is 10.4. The van der Waals surface area contributed by atoms with Gasteiger partial charge in [-0.25, -0.2) is 6.08 Å². The molecule has 0 radical (unpaired) electrons. The molecule has 258 valence electrons. The fraction of sp³-hybridized carbons (Fsp3) is 0.388. The average molecular weight is 738 g/mol. The molecule has 0 aromatic heterocycles. The zero-order chi connectivity index (χ0) is 36.3. The summed E-state index contributed by atoms with van der Waals surface area (Å²) in [7, 11) is 0. The van der Waals surface area contributed by atoms with Crippen molar-refractivity contribution in [1.29, 1.82) is 0 Å². The maximum absolute atomic E-state index is 3.37. The van der Waals surface area contributed by atoms with E-state index in [1.165, 1.54) is 90.2 Å². The Bertz CT molecular complexity index is 1860. The van der Waals surface area contributed by atoms with Crippen LogP contribution in [-0.4, -0.2) is 3.21 Å². The molecule has 1 heteroatoms. The number of hydrogen-bond acceptors (Lipinski definition) is 0. The number of rotatable bonds is 3. The SMILES string of the molecule is CC(C)(C)c1cc2c(cc1-c1ccccc1)[cH-]c1cc(-c3ccccc3)c(C(C)(C)C)cc12.CC1[C-]=CC(C2(C)CCCCC2)=C1.C[C](C)=[Zr+2]. The zero-order valence-electron chi connectivity index (χ0n) is 32.4. The monoisotopic (exact) mass is 736 g/mol. The van der Waals surface area contributed by atoms with Gasteiger partial charge in [0.15, 0.2) is 0 Å². The standard InChI is InChI=1S/C33H33.C13H19.C3H6.Zr/c1-32(2,3)30-20-26-24(18-28(30)22-13-9-7-10-14-22)17-25-19-29(23-15-11-8-12-16-23)31(21-27(25)26)33(4,5)6;1-11-6-7-12(10-11)13(2)8-4-3-5-9-13;1-3-2;/h7-21H,1-6H3;7,10-11H,3-5,8-9H2,1-2H3;1-2H3;/q2*-1;;+2. The van der Waals surface area contributed by atoms with E-state index in [0.29, 0.717) is 11.3 Å². The summed E-state index contributed by atoms with van der Waals surface area (Å²) in [5.41, 5.74) is 10.2. The average Bonchev–Trinajstić information content (AvgIpc) is 3.67. The Labute approximate surface area is 318 Å². The van der Waals surface area contributed by atoms with Gasteiger partial charge in [0.25, 0.3) is 0 Å². The van der Waals surface area contributed by atoms with Gasteiger partial charge < -0.3 is 0 Å². The van der Waals surface area contributed by atoms with Crippen molar-refractivity contribution in [3.8, 4) is 22.3 Å². The van der Waals surface area contributed by atoms with E-state index in [1.54, 1.807) is 29.8 Å². The van der Waals surface area contributed by atoms with Crippen molar-refractivity contribution in [2.75, 3.05) is 0 Å². The van der Waals surface area contributed by atoms with Crippen LogP contribution in [-0.2, 0) is 35.1 Å². The summed E-state index contributed by atoms with van der Waals surface area (Å²) in [6.07, 6.45) is 15.0. The topological polar surface area (TPSA) is 0 Å². The van der Waals surface area contributed by atoms with Gasteiger partial charge in [0.2, 0.25) is 0 Å². The number of benzene rings is 4. The van der Waals surface area contributed by atoms with Crippen LogP contribution in [0.15, 0.2) is 109 Å². The van der Waals surface area contributed by atoms with Crippen LogP contribution in [0, 0.1) is 17.4 Å². The maximum atomic E-state index is 3.37. The molecule has 0 spiro atoms. The fourth-order valence-corrected chi connectivity index (χ4v) is 7.64. The van der Waals surface area contributed by atoms with Gasteiger partial charge in [-0.1, -0.05) is 172 Å². The van der Waals surface area contributed by atoms with E-state index in [4.69, 9.17) is 0 Å².